The largest absolute Gasteiger partial charge is 0.483 e. The Morgan fingerprint density at radius 3 is 2.00 bits per heavy atom. The molecule has 0 spiro atoms. The Kier molecular flexibility index (Phi) is 5.39. The van der Waals surface area contributed by atoms with Gasteiger partial charge in [0.05, 0.1) is 0 Å². The molecule has 2 rings (SSSR count). The highest BCUT2D eigenvalue weighted by molar-refractivity contribution is 5.93. The van der Waals surface area contributed by atoms with E-state index in [-0.39, 0.29) is 12.5 Å². The van der Waals surface area contributed by atoms with E-state index < -0.39 is 0 Å². The number of carbonyl (C=O) groups is 2. The number of benzene rings is 2. The molecule has 0 saturated heterocycles. The lowest BCUT2D eigenvalue weighted by atomic mass is 10.1. The normalized spacial score (nSPS) is 10.4. The van der Waals surface area contributed by atoms with E-state index in [0.29, 0.717) is 11.3 Å². The minimum absolute atomic E-state index is 0.0745. The minimum Gasteiger partial charge on any atom is -0.483 e. The molecule has 4 nitrogen and oxygen atoms in total. The zero-order valence-electron chi connectivity index (χ0n) is 14.8. The predicted octanol–water partition coefficient (Wildman–Crippen LogP) is 4.06. The highest BCUT2D eigenvalue weighted by atomic mass is 16.5. The van der Waals surface area contributed by atoms with E-state index in [1.54, 1.807) is 12.1 Å². The summed E-state index contributed by atoms with van der Waals surface area (Å²) >= 11 is 0. The molecule has 4 heteroatoms. The molecule has 0 unspecified atom stereocenters. The van der Waals surface area contributed by atoms with Crippen molar-refractivity contribution < 1.29 is 14.3 Å². The van der Waals surface area contributed by atoms with E-state index in [0.717, 1.165) is 34.2 Å². The van der Waals surface area contributed by atoms with Gasteiger partial charge in [-0.05, 0) is 69.0 Å². The first-order valence-corrected chi connectivity index (χ1v) is 7.88. The maximum Gasteiger partial charge on any atom is 0.262 e. The van der Waals surface area contributed by atoms with Crippen LogP contribution in [0.2, 0.25) is 0 Å². The first-order chi connectivity index (χ1) is 11.3. The molecule has 2 aromatic carbocycles. The summed E-state index contributed by atoms with van der Waals surface area (Å²) in [5.74, 6) is 0.441. The van der Waals surface area contributed by atoms with Gasteiger partial charge in [-0.25, -0.2) is 0 Å². The van der Waals surface area contributed by atoms with Crippen LogP contribution in [0.3, 0.4) is 0 Å². The van der Waals surface area contributed by atoms with Crippen LogP contribution in [0.4, 0.5) is 5.69 Å². The number of aryl methyl sites for hydroxylation is 5. The van der Waals surface area contributed by atoms with Gasteiger partial charge in [0, 0.05) is 11.3 Å². The summed E-state index contributed by atoms with van der Waals surface area (Å²) in [5.41, 5.74) is 6.35. The number of carbonyl (C=O) groups excluding carboxylic acids is 2. The summed E-state index contributed by atoms with van der Waals surface area (Å²) in [4.78, 5) is 23.1. The molecule has 0 aliphatic heterocycles. The molecule has 126 valence electrons. The lowest BCUT2D eigenvalue weighted by Gasteiger charge is -2.15. The first-order valence-electron chi connectivity index (χ1n) is 7.88. The monoisotopic (exact) mass is 325 g/mol. The van der Waals surface area contributed by atoms with Crippen LogP contribution in [0.1, 0.15) is 38.2 Å². The number of aldehydes is 1. The Bertz CT molecular complexity index is 747. The molecule has 0 atom stereocenters. The third-order valence-corrected chi connectivity index (χ3v) is 3.91. The molecule has 1 amide bonds. The van der Waals surface area contributed by atoms with Crippen molar-refractivity contribution in [1.29, 1.82) is 0 Å². The highest BCUT2D eigenvalue weighted by Gasteiger charge is 2.11. The molecule has 0 aliphatic carbocycles. The van der Waals surface area contributed by atoms with E-state index >= 15 is 0 Å². The maximum absolute atomic E-state index is 12.2. The van der Waals surface area contributed by atoms with Gasteiger partial charge in [-0.1, -0.05) is 17.7 Å². The van der Waals surface area contributed by atoms with E-state index in [1.807, 2.05) is 46.8 Å². The van der Waals surface area contributed by atoms with Gasteiger partial charge in [0.1, 0.15) is 12.0 Å². The van der Waals surface area contributed by atoms with Crippen LogP contribution in [0.5, 0.6) is 5.75 Å². The number of amides is 1. The number of nitrogens with one attached hydrogen (secondary N) is 1. The van der Waals surface area contributed by atoms with Crippen LogP contribution in [0.15, 0.2) is 24.3 Å². The van der Waals surface area contributed by atoms with E-state index in [1.165, 1.54) is 5.56 Å². The molecule has 0 radical (unpaired) electrons. The molecular formula is C20H23NO3. The average Bonchev–Trinajstić information content (AvgIpc) is 2.49. The van der Waals surface area contributed by atoms with Crippen molar-refractivity contribution in [3.8, 4) is 5.75 Å². The van der Waals surface area contributed by atoms with Crippen molar-refractivity contribution in [3.63, 3.8) is 0 Å². The third kappa shape index (κ3) is 4.02. The molecule has 0 fully saturated rings. The number of hydrogen-bond donors (Lipinski definition) is 1. The standard InChI is InChI=1S/C20H23NO3/c1-12-6-13(2)19(14(3)7-12)21-18(23)11-24-20-15(4)8-17(10-22)9-16(20)5/h6-10H,11H2,1-5H3,(H,21,23). The summed E-state index contributed by atoms with van der Waals surface area (Å²) in [7, 11) is 0. The number of rotatable bonds is 5. The van der Waals surface area contributed by atoms with Crippen LogP contribution < -0.4 is 10.1 Å². The lowest BCUT2D eigenvalue weighted by molar-refractivity contribution is -0.118. The predicted molar refractivity (Wildman–Crippen MR) is 96.1 cm³/mol. The van der Waals surface area contributed by atoms with Gasteiger partial charge >= 0.3 is 0 Å². The van der Waals surface area contributed by atoms with Crippen LogP contribution in [0.25, 0.3) is 0 Å². The highest BCUT2D eigenvalue weighted by Crippen LogP contribution is 2.25. The molecule has 0 aromatic heterocycles. The molecule has 2 aromatic rings. The van der Waals surface area contributed by atoms with E-state index in [2.05, 4.69) is 5.32 Å². The van der Waals surface area contributed by atoms with Crippen LogP contribution in [-0.4, -0.2) is 18.8 Å². The fraction of sp³-hybridized carbons (Fsp3) is 0.300. The fourth-order valence-electron chi connectivity index (χ4n) is 2.97. The van der Waals surface area contributed by atoms with Crippen molar-refractivity contribution in [2.24, 2.45) is 0 Å². The second kappa shape index (κ2) is 7.30. The summed E-state index contributed by atoms with van der Waals surface area (Å²) in [6.07, 6.45) is 0.805. The Morgan fingerprint density at radius 1 is 0.958 bits per heavy atom. The Labute approximate surface area is 142 Å². The summed E-state index contributed by atoms with van der Waals surface area (Å²) < 4.78 is 5.68. The van der Waals surface area contributed by atoms with Crippen LogP contribution >= 0.6 is 0 Å². The topological polar surface area (TPSA) is 55.4 Å². The smallest absolute Gasteiger partial charge is 0.262 e. The summed E-state index contributed by atoms with van der Waals surface area (Å²) in [5, 5.41) is 2.92. The van der Waals surface area contributed by atoms with Crippen LogP contribution in [-0.2, 0) is 4.79 Å². The van der Waals surface area contributed by atoms with Crippen molar-refractivity contribution >= 4 is 17.9 Å². The molecule has 0 bridgehead atoms. The fourth-order valence-corrected chi connectivity index (χ4v) is 2.97. The van der Waals surface area contributed by atoms with Crippen molar-refractivity contribution in [1.82, 2.24) is 0 Å². The van der Waals surface area contributed by atoms with Gasteiger partial charge in [0.15, 0.2) is 6.61 Å². The van der Waals surface area contributed by atoms with Gasteiger partial charge in [-0.3, -0.25) is 9.59 Å². The van der Waals surface area contributed by atoms with Gasteiger partial charge in [-0.2, -0.15) is 0 Å². The van der Waals surface area contributed by atoms with Gasteiger partial charge in [0.25, 0.3) is 5.91 Å². The molecule has 24 heavy (non-hydrogen) atoms. The van der Waals surface area contributed by atoms with E-state index in [4.69, 9.17) is 4.74 Å². The zero-order chi connectivity index (χ0) is 17.9. The van der Waals surface area contributed by atoms with Crippen LogP contribution in [0, 0.1) is 34.6 Å². The quantitative estimate of drug-likeness (QED) is 0.844. The third-order valence-electron chi connectivity index (χ3n) is 3.91. The molecule has 1 N–H and O–H groups in total. The van der Waals surface area contributed by atoms with E-state index in [9.17, 15) is 9.59 Å². The number of anilines is 1. The average molecular weight is 325 g/mol. The number of ether oxygens (including phenoxy) is 1. The van der Waals surface area contributed by atoms with Crippen molar-refractivity contribution in [2.75, 3.05) is 11.9 Å². The van der Waals surface area contributed by atoms with Crippen molar-refractivity contribution in [2.45, 2.75) is 34.6 Å². The Balaban J connectivity index is 2.08. The lowest BCUT2D eigenvalue weighted by Crippen LogP contribution is -2.21. The molecule has 0 heterocycles. The first kappa shape index (κ1) is 17.7. The minimum atomic E-state index is -0.205. The van der Waals surface area contributed by atoms with Gasteiger partial charge < -0.3 is 10.1 Å². The summed E-state index contributed by atoms with van der Waals surface area (Å²) in [6.45, 7) is 9.63. The number of hydrogen-bond acceptors (Lipinski definition) is 3. The van der Waals surface area contributed by atoms with Crippen molar-refractivity contribution in [3.05, 3.63) is 57.6 Å². The Hall–Kier alpha value is -2.62. The molecule has 0 saturated carbocycles. The molecular weight excluding hydrogens is 302 g/mol. The zero-order valence-corrected chi connectivity index (χ0v) is 14.8. The maximum atomic E-state index is 12.2. The van der Waals surface area contributed by atoms with Gasteiger partial charge in [-0.15, -0.1) is 0 Å². The Morgan fingerprint density at radius 2 is 1.50 bits per heavy atom. The second-order valence-electron chi connectivity index (χ2n) is 6.21. The summed E-state index contributed by atoms with van der Waals surface area (Å²) in [6, 6.07) is 7.58. The SMILES string of the molecule is Cc1cc(C)c(NC(=O)COc2c(C)cc(C=O)cc2C)c(C)c1. The second-order valence-corrected chi connectivity index (χ2v) is 6.21. The van der Waals surface area contributed by atoms with Gasteiger partial charge in [0.2, 0.25) is 0 Å². The molecule has 0 aliphatic rings.